The number of hydrogen-bond donors (Lipinski definition) is 0. The summed E-state index contributed by atoms with van der Waals surface area (Å²) in [6, 6.07) is 0. The summed E-state index contributed by atoms with van der Waals surface area (Å²) >= 11 is 0. The first-order valence-electron chi connectivity index (χ1n) is 7.48. The lowest BCUT2D eigenvalue weighted by Crippen LogP contribution is -2.60. The Hall–Kier alpha value is -1.72. The zero-order chi connectivity index (χ0) is 13.2. The quantitative estimate of drug-likeness (QED) is 0.831. The SMILES string of the molecule is c1ncn(C23CC4CC(CC(n5cnnc5)(C4)C2)C3)n1. The molecule has 20 heavy (non-hydrogen) atoms. The maximum Gasteiger partial charge on any atom is 0.137 e. The van der Waals surface area contributed by atoms with E-state index in [9.17, 15) is 0 Å². The minimum Gasteiger partial charge on any atom is -0.314 e. The molecular formula is C14H18N6. The van der Waals surface area contributed by atoms with Gasteiger partial charge in [0.1, 0.15) is 25.3 Å². The van der Waals surface area contributed by atoms with Crippen molar-refractivity contribution in [3.63, 3.8) is 0 Å². The fourth-order valence-corrected chi connectivity index (χ4v) is 5.64. The van der Waals surface area contributed by atoms with E-state index in [-0.39, 0.29) is 11.1 Å². The Morgan fingerprint density at radius 3 is 2.25 bits per heavy atom. The van der Waals surface area contributed by atoms with E-state index in [1.807, 2.05) is 19.0 Å². The van der Waals surface area contributed by atoms with Crippen LogP contribution in [0, 0.1) is 11.8 Å². The Labute approximate surface area is 117 Å². The third-order valence-electron chi connectivity index (χ3n) is 5.87. The van der Waals surface area contributed by atoms with Gasteiger partial charge in [0.2, 0.25) is 0 Å². The number of nitrogens with zero attached hydrogens (tertiary/aromatic N) is 6. The molecule has 2 heterocycles. The normalized spacial score (nSPS) is 42.2. The molecule has 4 fully saturated rings. The van der Waals surface area contributed by atoms with Crippen LogP contribution in [0.3, 0.4) is 0 Å². The average Bonchev–Trinajstić information content (AvgIpc) is 3.12. The van der Waals surface area contributed by atoms with Crippen LogP contribution in [0.4, 0.5) is 0 Å². The highest BCUT2D eigenvalue weighted by Crippen LogP contribution is 2.62. The van der Waals surface area contributed by atoms with Crippen molar-refractivity contribution in [2.75, 3.05) is 0 Å². The second kappa shape index (κ2) is 3.48. The van der Waals surface area contributed by atoms with Gasteiger partial charge >= 0.3 is 0 Å². The second-order valence-electron chi connectivity index (χ2n) is 7.12. The van der Waals surface area contributed by atoms with Gasteiger partial charge in [-0.15, -0.1) is 10.2 Å². The van der Waals surface area contributed by atoms with Gasteiger partial charge in [-0.25, -0.2) is 9.67 Å². The molecule has 2 atom stereocenters. The first-order valence-corrected chi connectivity index (χ1v) is 7.48. The standard InChI is InChI=1S/C14H18N6/c1-11-2-13(19-9-16-17-10-19)3-12(1)5-14(4-11,6-13)20-8-15-7-18-20/h7-12H,1-6H2. The van der Waals surface area contributed by atoms with Crippen LogP contribution in [0.15, 0.2) is 25.3 Å². The van der Waals surface area contributed by atoms with Gasteiger partial charge in [-0.1, -0.05) is 0 Å². The van der Waals surface area contributed by atoms with E-state index in [0.29, 0.717) is 0 Å². The highest BCUT2D eigenvalue weighted by Gasteiger charge is 2.59. The Kier molecular flexibility index (Phi) is 1.91. The molecule has 2 aromatic heterocycles. The fraction of sp³-hybridized carbons (Fsp3) is 0.714. The molecule has 2 unspecified atom stereocenters. The van der Waals surface area contributed by atoms with Crippen molar-refractivity contribution in [3.05, 3.63) is 25.3 Å². The topological polar surface area (TPSA) is 61.4 Å². The van der Waals surface area contributed by atoms with Gasteiger partial charge < -0.3 is 4.57 Å². The van der Waals surface area contributed by atoms with Gasteiger partial charge in [-0.05, 0) is 50.4 Å². The molecule has 0 spiro atoms. The van der Waals surface area contributed by atoms with Crippen LogP contribution >= 0.6 is 0 Å². The van der Waals surface area contributed by atoms with Gasteiger partial charge in [0.15, 0.2) is 0 Å². The molecule has 4 aliphatic carbocycles. The second-order valence-corrected chi connectivity index (χ2v) is 7.12. The Balaban J connectivity index is 1.64. The number of aromatic nitrogens is 6. The molecule has 0 amide bonds. The van der Waals surface area contributed by atoms with Crippen molar-refractivity contribution in [3.8, 4) is 0 Å². The summed E-state index contributed by atoms with van der Waals surface area (Å²) in [6.07, 6.45) is 15.0. The van der Waals surface area contributed by atoms with E-state index < -0.39 is 0 Å². The zero-order valence-corrected chi connectivity index (χ0v) is 11.4. The van der Waals surface area contributed by atoms with E-state index in [0.717, 1.165) is 18.3 Å². The molecule has 0 N–H and O–H groups in total. The summed E-state index contributed by atoms with van der Waals surface area (Å²) in [6.45, 7) is 0. The summed E-state index contributed by atoms with van der Waals surface area (Å²) in [7, 11) is 0. The van der Waals surface area contributed by atoms with E-state index >= 15 is 0 Å². The van der Waals surface area contributed by atoms with Crippen LogP contribution in [0.2, 0.25) is 0 Å². The van der Waals surface area contributed by atoms with E-state index in [1.165, 1.54) is 32.1 Å². The predicted molar refractivity (Wildman–Crippen MR) is 70.7 cm³/mol. The number of hydrogen-bond acceptors (Lipinski definition) is 4. The van der Waals surface area contributed by atoms with Crippen LogP contribution in [0.1, 0.15) is 38.5 Å². The minimum atomic E-state index is 0.171. The molecular weight excluding hydrogens is 252 g/mol. The summed E-state index contributed by atoms with van der Waals surface area (Å²) < 4.78 is 4.42. The molecule has 6 heteroatoms. The first kappa shape index (κ1) is 11.0. The van der Waals surface area contributed by atoms with E-state index in [4.69, 9.17) is 0 Å². The van der Waals surface area contributed by atoms with Gasteiger partial charge in [-0.3, -0.25) is 0 Å². The van der Waals surface area contributed by atoms with Crippen molar-refractivity contribution >= 4 is 0 Å². The summed E-state index contributed by atoms with van der Waals surface area (Å²) in [4.78, 5) is 4.19. The molecule has 6 nitrogen and oxygen atoms in total. The van der Waals surface area contributed by atoms with Crippen LogP contribution < -0.4 is 0 Å². The van der Waals surface area contributed by atoms with Crippen molar-refractivity contribution in [2.45, 2.75) is 49.6 Å². The monoisotopic (exact) mass is 270 g/mol. The van der Waals surface area contributed by atoms with Crippen LogP contribution in [0.25, 0.3) is 0 Å². The lowest BCUT2D eigenvalue weighted by Gasteiger charge is -2.61. The minimum absolute atomic E-state index is 0.171. The van der Waals surface area contributed by atoms with Gasteiger partial charge in [0.25, 0.3) is 0 Å². The van der Waals surface area contributed by atoms with Crippen molar-refractivity contribution < 1.29 is 0 Å². The Morgan fingerprint density at radius 1 is 0.900 bits per heavy atom. The largest absolute Gasteiger partial charge is 0.314 e. The molecule has 4 bridgehead atoms. The van der Waals surface area contributed by atoms with Gasteiger partial charge in [0.05, 0.1) is 5.54 Å². The molecule has 0 radical (unpaired) electrons. The van der Waals surface area contributed by atoms with Crippen LogP contribution in [0.5, 0.6) is 0 Å². The highest BCUT2D eigenvalue weighted by molar-refractivity contribution is 5.12. The zero-order valence-electron chi connectivity index (χ0n) is 11.4. The molecule has 104 valence electrons. The summed E-state index contributed by atoms with van der Waals surface area (Å²) in [5.74, 6) is 1.62. The first-order chi connectivity index (χ1) is 9.78. The van der Waals surface area contributed by atoms with Gasteiger partial charge in [-0.2, -0.15) is 5.10 Å². The van der Waals surface area contributed by atoms with Crippen LogP contribution in [-0.4, -0.2) is 29.5 Å². The third-order valence-corrected chi connectivity index (χ3v) is 5.87. The maximum absolute atomic E-state index is 4.48. The van der Waals surface area contributed by atoms with E-state index in [1.54, 1.807) is 6.33 Å². The average molecular weight is 270 g/mol. The van der Waals surface area contributed by atoms with E-state index in [2.05, 4.69) is 29.5 Å². The predicted octanol–water partition coefficient (Wildman–Crippen LogP) is 1.57. The lowest BCUT2D eigenvalue weighted by molar-refractivity contribution is -0.0976. The molecule has 2 aromatic rings. The molecule has 4 aliphatic rings. The lowest BCUT2D eigenvalue weighted by atomic mass is 9.50. The third kappa shape index (κ3) is 1.29. The van der Waals surface area contributed by atoms with Gasteiger partial charge in [0, 0.05) is 5.54 Å². The van der Waals surface area contributed by atoms with Crippen molar-refractivity contribution in [2.24, 2.45) is 11.8 Å². The fourth-order valence-electron chi connectivity index (χ4n) is 5.64. The Bertz CT molecular complexity index is 550. The maximum atomic E-state index is 4.48. The number of rotatable bonds is 2. The summed E-state index contributed by atoms with van der Waals surface area (Å²) in [5, 5.41) is 12.6. The smallest absolute Gasteiger partial charge is 0.137 e. The Morgan fingerprint density at radius 2 is 1.60 bits per heavy atom. The van der Waals surface area contributed by atoms with Crippen molar-refractivity contribution in [1.82, 2.24) is 29.5 Å². The summed E-state index contributed by atoms with van der Waals surface area (Å²) in [5.41, 5.74) is 0.379. The molecule has 6 rings (SSSR count). The molecule has 0 aliphatic heterocycles. The highest BCUT2D eigenvalue weighted by atomic mass is 15.4. The molecule has 0 aromatic carbocycles. The van der Waals surface area contributed by atoms with Crippen LogP contribution in [-0.2, 0) is 11.1 Å². The van der Waals surface area contributed by atoms with Crippen molar-refractivity contribution in [1.29, 1.82) is 0 Å². The molecule has 4 saturated carbocycles. The molecule has 0 saturated heterocycles.